The predicted octanol–water partition coefficient (Wildman–Crippen LogP) is 1.65. The number of aldehydes is 1. The van der Waals surface area contributed by atoms with Crippen molar-refractivity contribution in [1.29, 1.82) is 0 Å². The average Bonchev–Trinajstić information content (AvgIpc) is 2.58. The van der Waals surface area contributed by atoms with E-state index in [0.717, 1.165) is 12.7 Å². The van der Waals surface area contributed by atoms with Crippen molar-refractivity contribution in [3.63, 3.8) is 0 Å². The van der Waals surface area contributed by atoms with Gasteiger partial charge in [0.15, 0.2) is 0 Å². The van der Waals surface area contributed by atoms with Crippen LogP contribution in [-0.4, -0.2) is 31.7 Å². The lowest BCUT2D eigenvalue weighted by molar-refractivity contribution is -0.117. The van der Waals surface area contributed by atoms with Gasteiger partial charge in [-0.25, -0.2) is 0 Å². The first-order chi connectivity index (χ1) is 6.60. The molecule has 0 aromatic carbocycles. The Balaban J connectivity index is 2.55. The number of methoxy groups -OCH3 is 1. The van der Waals surface area contributed by atoms with Crippen LogP contribution < -0.4 is 0 Å². The van der Waals surface area contributed by atoms with E-state index in [0.29, 0.717) is 5.92 Å². The minimum absolute atomic E-state index is 0.0148. The summed E-state index contributed by atoms with van der Waals surface area (Å²) in [7, 11) is 1.69. The third kappa shape index (κ3) is 2.34. The quantitative estimate of drug-likeness (QED) is 0.647. The molecule has 0 amide bonds. The molecule has 1 saturated heterocycles. The van der Waals surface area contributed by atoms with E-state index in [1.165, 1.54) is 0 Å². The molecule has 14 heavy (non-hydrogen) atoms. The fourth-order valence-corrected chi connectivity index (χ4v) is 2.07. The maximum absolute atomic E-state index is 10.7. The SMILES string of the molecule is CO[C@@H](C)[C@H]1C[C@H](C)[C@H]([C@@H](C)C=O)O1. The Hall–Kier alpha value is -0.410. The summed E-state index contributed by atoms with van der Waals surface area (Å²) in [6, 6.07) is 0. The van der Waals surface area contributed by atoms with Gasteiger partial charge in [0.05, 0.1) is 18.3 Å². The van der Waals surface area contributed by atoms with Gasteiger partial charge in [0.2, 0.25) is 0 Å². The van der Waals surface area contributed by atoms with Crippen molar-refractivity contribution in [2.24, 2.45) is 11.8 Å². The van der Waals surface area contributed by atoms with Crippen molar-refractivity contribution < 1.29 is 14.3 Å². The van der Waals surface area contributed by atoms with E-state index in [4.69, 9.17) is 9.47 Å². The van der Waals surface area contributed by atoms with Gasteiger partial charge in [-0.05, 0) is 19.3 Å². The monoisotopic (exact) mass is 200 g/mol. The number of carbonyl (C=O) groups excluding carboxylic acids is 1. The summed E-state index contributed by atoms with van der Waals surface area (Å²) in [5.74, 6) is 0.428. The molecule has 0 bridgehead atoms. The van der Waals surface area contributed by atoms with Crippen LogP contribution in [0, 0.1) is 11.8 Å². The van der Waals surface area contributed by atoms with E-state index in [9.17, 15) is 4.79 Å². The lowest BCUT2D eigenvalue weighted by atomic mass is 9.93. The normalized spacial score (nSPS) is 36.7. The highest BCUT2D eigenvalue weighted by molar-refractivity contribution is 5.54. The molecule has 1 aliphatic rings. The number of ether oxygens (including phenoxy) is 2. The fraction of sp³-hybridized carbons (Fsp3) is 0.909. The number of carbonyl (C=O) groups is 1. The Morgan fingerprint density at radius 2 is 2.14 bits per heavy atom. The predicted molar refractivity (Wildman–Crippen MR) is 54.1 cm³/mol. The Morgan fingerprint density at radius 1 is 1.50 bits per heavy atom. The molecule has 0 spiro atoms. The fourth-order valence-electron chi connectivity index (χ4n) is 2.07. The molecule has 0 radical (unpaired) electrons. The van der Waals surface area contributed by atoms with E-state index < -0.39 is 0 Å². The van der Waals surface area contributed by atoms with Gasteiger partial charge in [0.1, 0.15) is 6.29 Å². The lowest BCUT2D eigenvalue weighted by Gasteiger charge is -2.20. The van der Waals surface area contributed by atoms with E-state index in [-0.39, 0.29) is 24.2 Å². The first-order valence-electron chi connectivity index (χ1n) is 5.23. The van der Waals surface area contributed by atoms with Crippen molar-refractivity contribution in [3.8, 4) is 0 Å². The van der Waals surface area contributed by atoms with Crippen LogP contribution >= 0.6 is 0 Å². The van der Waals surface area contributed by atoms with Crippen molar-refractivity contribution in [3.05, 3.63) is 0 Å². The van der Waals surface area contributed by atoms with Crippen molar-refractivity contribution in [2.45, 2.75) is 45.5 Å². The van der Waals surface area contributed by atoms with Crippen molar-refractivity contribution in [2.75, 3.05) is 7.11 Å². The van der Waals surface area contributed by atoms with Crippen molar-refractivity contribution >= 4 is 6.29 Å². The largest absolute Gasteiger partial charge is 0.379 e. The summed E-state index contributed by atoms with van der Waals surface area (Å²) >= 11 is 0. The number of hydrogen-bond acceptors (Lipinski definition) is 3. The Kier molecular flexibility index (Phi) is 4.08. The molecular weight excluding hydrogens is 180 g/mol. The molecule has 3 heteroatoms. The van der Waals surface area contributed by atoms with Gasteiger partial charge in [0.25, 0.3) is 0 Å². The lowest BCUT2D eigenvalue weighted by Crippen LogP contribution is -2.28. The molecule has 1 fully saturated rings. The molecular formula is C11H20O3. The van der Waals surface area contributed by atoms with Gasteiger partial charge in [-0.2, -0.15) is 0 Å². The third-order valence-electron chi connectivity index (χ3n) is 3.13. The smallest absolute Gasteiger partial charge is 0.125 e. The molecule has 0 unspecified atom stereocenters. The molecule has 5 atom stereocenters. The van der Waals surface area contributed by atoms with Crippen LogP contribution in [0.3, 0.4) is 0 Å². The summed E-state index contributed by atoms with van der Waals surface area (Å²) in [4.78, 5) is 10.7. The molecule has 0 aromatic heterocycles. The van der Waals surface area contributed by atoms with Crippen LogP contribution in [0.25, 0.3) is 0 Å². The zero-order valence-corrected chi connectivity index (χ0v) is 9.40. The molecule has 0 aromatic rings. The van der Waals surface area contributed by atoms with Crippen LogP contribution in [-0.2, 0) is 14.3 Å². The molecule has 1 aliphatic heterocycles. The average molecular weight is 200 g/mol. The van der Waals surface area contributed by atoms with Gasteiger partial charge < -0.3 is 14.3 Å². The highest BCUT2D eigenvalue weighted by Gasteiger charge is 2.37. The molecule has 1 rings (SSSR count). The van der Waals surface area contributed by atoms with Crippen LogP contribution in [0.5, 0.6) is 0 Å². The zero-order valence-electron chi connectivity index (χ0n) is 9.40. The van der Waals surface area contributed by atoms with Crippen molar-refractivity contribution in [1.82, 2.24) is 0 Å². The molecule has 0 aliphatic carbocycles. The van der Waals surface area contributed by atoms with E-state index >= 15 is 0 Å². The van der Waals surface area contributed by atoms with E-state index in [2.05, 4.69) is 6.92 Å². The minimum Gasteiger partial charge on any atom is -0.379 e. The molecule has 3 nitrogen and oxygen atoms in total. The van der Waals surface area contributed by atoms with Gasteiger partial charge in [-0.1, -0.05) is 13.8 Å². The summed E-state index contributed by atoms with van der Waals surface area (Å²) in [5.41, 5.74) is 0. The highest BCUT2D eigenvalue weighted by atomic mass is 16.5. The van der Waals surface area contributed by atoms with Gasteiger partial charge in [-0.15, -0.1) is 0 Å². The summed E-state index contributed by atoms with van der Waals surface area (Å²) in [6.07, 6.45) is 2.28. The first kappa shape index (κ1) is 11.7. The van der Waals surface area contributed by atoms with Gasteiger partial charge >= 0.3 is 0 Å². The second-order valence-corrected chi connectivity index (χ2v) is 4.29. The zero-order chi connectivity index (χ0) is 10.7. The minimum atomic E-state index is -0.0148. The van der Waals surface area contributed by atoms with Gasteiger partial charge in [-0.3, -0.25) is 0 Å². The van der Waals surface area contributed by atoms with Crippen LogP contribution in [0.2, 0.25) is 0 Å². The standard InChI is InChI=1S/C11H20O3/c1-7-5-10(9(3)13-4)14-11(7)8(2)6-12/h6-11H,5H2,1-4H3/t7-,8-,9-,10+,11+/m0/s1. The van der Waals surface area contributed by atoms with E-state index in [1.807, 2.05) is 13.8 Å². The maximum Gasteiger partial charge on any atom is 0.125 e. The summed E-state index contributed by atoms with van der Waals surface area (Å²) in [5, 5.41) is 0. The van der Waals surface area contributed by atoms with Crippen LogP contribution in [0.4, 0.5) is 0 Å². The molecule has 82 valence electrons. The van der Waals surface area contributed by atoms with Crippen LogP contribution in [0.1, 0.15) is 27.2 Å². The van der Waals surface area contributed by atoms with E-state index in [1.54, 1.807) is 7.11 Å². The Labute approximate surface area is 85.8 Å². The third-order valence-corrected chi connectivity index (χ3v) is 3.13. The number of rotatable bonds is 4. The molecule has 0 saturated carbocycles. The maximum atomic E-state index is 10.7. The Morgan fingerprint density at radius 3 is 2.64 bits per heavy atom. The summed E-state index contributed by atoms with van der Waals surface area (Å²) in [6.45, 7) is 6.05. The topological polar surface area (TPSA) is 35.5 Å². The second kappa shape index (κ2) is 4.89. The highest BCUT2D eigenvalue weighted by Crippen LogP contribution is 2.32. The first-order valence-corrected chi connectivity index (χ1v) is 5.23. The van der Waals surface area contributed by atoms with Gasteiger partial charge in [0, 0.05) is 13.0 Å². The number of hydrogen-bond donors (Lipinski definition) is 0. The molecule has 1 heterocycles. The summed E-state index contributed by atoms with van der Waals surface area (Å²) < 4.78 is 11.1. The second-order valence-electron chi connectivity index (χ2n) is 4.29. The Bertz CT molecular complexity index is 193. The van der Waals surface area contributed by atoms with Crippen LogP contribution in [0.15, 0.2) is 0 Å². The molecule has 0 N–H and O–H groups in total.